The highest BCUT2D eigenvalue weighted by atomic mass is 32.2. The number of nitrogens with zero attached hydrogens (tertiary/aromatic N) is 3. The summed E-state index contributed by atoms with van der Waals surface area (Å²) in [6.07, 6.45) is 5.62. The van der Waals surface area contributed by atoms with Gasteiger partial charge in [0.05, 0.1) is 28.8 Å². The summed E-state index contributed by atoms with van der Waals surface area (Å²) in [5.41, 5.74) is 7.18. The molecule has 40 heavy (non-hydrogen) atoms. The molecule has 4 aliphatic rings. The molecule has 2 aromatic rings. The average Bonchev–Trinajstić information content (AvgIpc) is 3.59. The fourth-order valence-corrected chi connectivity index (χ4v) is 8.20. The van der Waals surface area contributed by atoms with Gasteiger partial charge in [-0.2, -0.15) is 0 Å². The molecular formula is C30H34N4O4S2. The summed E-state index contributed by atoms with van der Waals surface area (Å²) in [4.78, 5) is 36.6. The Labute approximate surface area is 239 Å². The van der Waals surface area contributed by atoms with E-state index in [9.17, 15) is 18.0 Å². The Hall–Kier alpha value is -3.08. The number of ketones is 1. The van der Waals surface area contributed by atoms with Crippen molar-refractivity contribution >= 4 is 44.3 Å². The number of thiophene rings is 1. The first-order chi connectivity index (χ1) is 19.2. The van der Waals surface area contributed by atoms with E-state index in [1.165, 1.54) is 10.4 Å². The number of carbonyl (C=O) groups is 2. The number of benzene rings is 1. The predicted molar refractivity (Wildman–Crippen MR) is 159 cm³/mol. The van der Waals surface area contributed by atoms with Crippen LogP contribution < -0.4 is 5.32 Å². The van der Waals surface area contributed by atoms with E-state index in [2.05, 4.69) is 35.5 Å². The van der Waals surface area contributed by atoms with Crippen molar-refractivity contribution in [2.24, 2.45) is 4.99 Å². The highest BCUT2D eigenvalue weighted by molar-refractivity contribution is 7.91. The number of allylic oxidation sites excluding steroid dienone is 4. The lowest BCUT2D eigenvalue weighted by Crippen LogP contribution is -2.44. The molecule has 1 amide bonds. The molecule has 8 nitrogen and oxygen atoms in total. The van der Waals surface area contributed by atoms with Crippen LogP contribution >= 0.6 is 11.3 Å². The van der Waals surface area contributed by atoms with Gasteiger partial charge in [-0.05, 0) is 60.2 Å². The molecule has 3 aliphatic heterocycles. The van der Waals surface area contributed by atoms with Crippen molar-refractivity contribution in [3.05, 3.63) is 74.1 Å². The minimum Gasteiger partial charge on any atom is -0.358 e. The molecule has 1 N–H and O–H groups in total. The lowest BCUT2D eigenvalue weighted by atomic mass is 9.93. The van der Waals surface area contributed by atoms with E-state index in [-0.39, 0.29) is 29.2 Å². The normalized spacial score (nSPS) is 23.9. The lowest BCUT2D eigenvalue weighted by Gasteiger charge is -2.28. The van der Waals surface area contributed by atoms with Gasteiger partial charge in [0.1, 0.15) is 0 Å². The van der Waals surface area contributed by atoms with Gasteiger partial charge in [0.15, 0.2) is 15.6 Å². The van der Waals surface area contributed by atoms with Crippen LogP contribution in [0.15, 0.2) is 52.0 Å². The average molecular weight is 579 g/mol. The van der Waals surface area contributed by atoms with Crippen LogP contribution in [0, 0.1) is 6.92 Å². The highest BCUT2D eigenvalue weighted by Gasteiger charge is 2.33. The molecule has 0 unspecified atom stereocenters. The van der Waals surface area contributed by atoms with Crippen LogP contribution in [-0.2, 0) is 34.0 Å². The second-order valence-corrected chi connectivity index (χ2v) is 14.5. The van der Waals surface area contributed by atoms with Crippen molar-refractivity contribution < 1.29 is 18.0 Å². The fraction of sp³-hybridized carbons (Fsp3) is 0.433. The zero-order valence-corrected chi connectivity index (χ0v) is 24.5. The Morgan fingerprint density at radius 3 is 2.67 bits per heavy atom. The molecule has 1 aliphatic carbocycles. The molecule has 6 rings (SSSR count). The maximum Gasteiger partial charge on any atom is 0.254 e. The number of amides is 1. The molecular weight excluding hydrogens is 544 g/mol. The van der Waals surface area contributed by atoms with E-state index in [1.807, 2.05) is 29.2 Å². The Bertz CT molecular complexity index is 1570. The SMILES string of the molecule is Cc1ccsc1C[C@H](C)N=C1C=CCC(=O)C1=C1Cc2cc3c(cc2N1)CN(CCN1CCS(=O)(=O)CC1)C3=O. The van der Waals surface area contributed by atoms with Crippen LogP contribution in [0.4, 0.5) is 5.69 Å². The van der Waals surface area contributed by atoms with Crippen molar-refractivity contribution in [3.8, 4) is 0 Å². The first kappa shape index (κ1) is 27.1. The highest BCUT2D eigenvalue weighted by Crippen LogP contribution is 2.36. The summed E-state index contributed by atoms with van der Waals surface area (Å²) in [6, 6.07) is 6.19. The third kappa shape index (κ3) is 5.44. The number of fused-ring (bicyclic) bond motifs is 2. The number of Topliss-reactive ketones (excluding diaryl/α,β-unsaturated/α-hetero) is 1. The summed E-state index contributed by atoms with van der Waals surface area (Å²) in [7, 11) is -2.92. The van der Waals surface area contributed by atoms with Gasteiger partial charge in [0.25, 0.3) is 5.91 Å². The van der Waals surface area contributed by atoms with Crippen molar-refractivity contribution in [1.29, 1.82) is 0 Å². The molecule has 0 spiro atoms. The van der Waals surface area contributed by atoms with Crippen molar-refractivity contribution in [2.45, 2.75) is 45.7 Å². The number of sulfone groups is 1. The van der Waals surface area contributed by atoms with Crippen LogP contribution in [0.1, 0.15) is 45.3 Å². The van der Waals surface area contributed by atoms with E-state index in [4.69, 9.17) is 4.99 Å². The maximum absolute atomic E-state index is 13.2. The van der Waals surface area contributed by atoms with Crippen molar-refractivity contribution in [3.63, 3.8) is 0 Å². The summed E-state index contributed by atoms with van der Waals surface area (Å²) < 4.78 is 23.4. The Morgan fingerprint density at radius 2 is 1.93 bits per heavy atom. The first-order valence-electron chi connectivity index (χ1n) is 13.9. The first-order valence-corrected chi connectivity index (χ1v) is 16.6. The van der Waals surface area contributed by atoms with Gasteiger partial charge < -0.3 is 10.2 Å². The minimum atomic E-state index is -2.92. The Kier molecular flexibility index (Phi) is 7.27. The molecule has 1 aromatic heterocycles. The second kappa shape index (κ2) is 10.7. The molecule has 10 heteroatoms. The number of rotatable bonds is 6. The van der Waals surface area contributed by atoms with Gasteiger partial charge in [-0.25, -0.2) is 8.42 Å². The number of hydrogen-bond donors (Lipinski definition) is 1. The Morgan fingerprint density at radius 1 is 1.12 bits per heavy atom. The van der Waals surface area contributed by atoms with E-state index in [0.717, 1.165) is 40.2 Å². The molecule has 1 atom stereocenters. The Balaban J connectivity index is 1.17. The molecule has 4 heterocycles. The fourth-order valence-electron chi connectivity index (χ4n) is 5.90. The monoisotopic (exact) mass is 578 g/mol. The zero-order chi connectivity index (χ0) is 28.0. The van der Waals surface area contributed by atoms with Gasteiger partial charge in [0.2, 0.25) is 0 Å². The minimum absolute atomic E-state index is 0.0140. The van der Waals surface area contributed by atoms with Crippen LogP contribution in [0.2, 0.25) is 0 Å². The molecule has 0 bridgehead atoms. The van der Waals surface area contributed by atoms with Crippen LogP contribution in [0.3, 0.4) is 0 Å². The summed E-state index contributed by atoms with van der Waals surface area (Å²) in [6.45, 7) is 7.05. The predicted octanol–water partition coefficient (Wildman–Crippen LogP) is 3.57. The quantitative estimate of drug-likeness (QED) is 0.527. The van der Waals surface area contributed by atoms with Crippen LogP contribution in [0.25, 0.3) is 0 Å². The molecule has 0 radical (unpaired) electrons. The smallest absolute Gasteiger partial charge is 0.254 e. The van der Waals surface area contributed by atoms with E-state index >= 15 is 0 Å². The number of aryl methyl sites for hydroxylation is 1. The van der Waals surface area contributed by atoms with Crippen LogP contribution in [-0.4, -0.2) is 79.3 Å². The number of aliphatic imine (C=N–C) groups is 1. The van der Waals surface area contributed by atoms with E-state index < -0.39 is 9.84 Å². The van der Waals surface area contributed by atoms with Gasteiger partial charge >= 0.3 is 0 Å². The van der Waals surface area contributed by atoms with Gasteiger partial charge in [-0.1, -0.05) is 6.08 Å². The van der Waals surface area contributed by atoms with Gasteiger partial charge in [-0.3, -0.25) is 19.5 Å². The second-order valence-electron chi connectivity index (χ2n) is 11.2. The number of carbonyl (C=O) groups excluding carboxylic acids is 2. The van der Waals surface area contributed by atoms with E-state index in [0.29, 0.717) is 51.1 Å². The van der Waals surface area contributed by atoms with Gasteiger partial charge in [0, 0.05) is 73.8 Å². The summed E-state index contributed by atoms with van der Waals surface area (Å²) in [5.74, 6) is 0.460. The van der Waals surface area contributed by atoms with Crippen LogP contribution in [0.5, 0.6) is 0 Å². The topological polar surface area (TPSA) is 99.2 Å². The number of hydrogen-bond acceptors (Lipinski definition) is 8. The summed E-state index contributed by atoms with van der Waals surface area (Å²) in [5, 5.41) is 5.60. The number of nitrogens with one attached hydrogen (secondary N) is 1. The largest absolute Gasteiger partial charge is 0.358 e. The molecule has 210 valence electrons. The lowest BCUT2D eigenvalue weighted by molar-refractivity contribution is -0.114. The standard InChI is InChI=1S/C30H34N4O4S2/c1-19-6-11-39-28(19)14-20(2)31-24-4-3-5-27(35)29(24)26-16-21-15-23-22(17-25(21)32-26)18-34(30(23)36)8-7-33-9-12-40(37,38)13-10-33/h3-4,6,11,15,17,20,32H,5,7-10,12-14,16,18H2,1-2H3/t20-/m0/s1. The third-order valence-corrected chi connectivity index (χ3v) is 10.9. The van der Waals surface area contributed by atoms with Crippen molar-refractivity contribution in [1.82, 2.24) is 9.80 Å². The zero-order valence-electron chi connectivity index (χ0n) is 22.9. The molecule has 1 saturated heterocycles. The molecule has 0 saturated carbocycles. The van der Waals surface area contributed by atoms with E-state index in [1.54, 1.807) is 11.3 Å². The van der Waals surface area contributed by atoms with Gasteiger partial charge in [-0.15, -0.1) is 11.3 Å². The summed E-state index contributed by atoms with van der Waals surface area (Å²) >= 11 is 1.74. The number of anilines is 1. The molecule has 1 fully saturated rings. The third-order valence-electron chi connectivity index (χ3n) is 8.21. The van der Waals surface area contributed by atoms with Crippen molar-refractivity contribution in [2.75, 3.05) is 43.0 Å². The molecule has 1 aromatic carbocycles. The maximum atomic E-state index is 13.2.